The Balaban J connectivity index is 2.63. The zero-order valence-corrected chi connectivity index (χ0v) is 11.3. The Morgan fingerprint density at radius 2 is 2.17 bits per heavy atom. The molecule has 1 N–H and O–H groups in total. The molecule has 0 atom stereocenters. The van der Waals surface area contributed by atoms with Gasteiger partial charge in [0.15, 0.2) is 0 Å². The standard InChI is InChI=1S/C15H21NO2/c1-11(2)9-16-15(17)13-6-5-7-14(8-13)18-10-12(3)4/h5-8,12H,1,9-10H2,2-4H3,(H,16,17). The van der Waals surface area contributed by atoms with Crippen LogP contribution in [0.2, 0.25) is 0 Å². The molecular weight excluding hydrogens is 226 g/mol. The summed E-state index contributed by atoms with van der Waals surface area (Å²) in [6.45, 7) is 10.9. The molecular formula is C15H21NO2. The van der Waals surface area contributed by atoms with E-state index in [1.54, 1.807) is 12.1 Å². The smallest absolute Gasteiger partial charge is 0.251 e. The van der Waals surface area contributed by atoms with Crippen LogP contribution in [0.1, 0.15) is 31.1 Å². The van der Waals surface area contributed by atoms with E-state index in [9.17, 15) is 4.79 Å². The van der Waals surface area contributed by atoms with Gasteiger partial charge in [-0.05, 0) is 31.0 Å². The molecule has 0 aromatic heterocycles. The number of benzene rings is 1. The molecule has 0 aliphatic rings. The van der Waals surface area contributed by atoms with Gasteiger partial charge in [-0.15, -0.1) is 0 Å². The second-order valence-corrected chi connectivity index (χ2v) is 4.87. The van der Waals surface area contributed by atoms with Crippen LogP contribution in [0, 0.1) is 5.92 Å². The lowest BCUT2D eigenvalue weighted by Crippen LogP contribution is -2.24. The molecule has 0 unspecified atom stereocenters. The molecule has 1 aromatic rings. The Hall–Kier alpha value is -1.77. The summed E-state index contributed by atoms with van der Waals surface area (Å²) in [7, 11) is 0. The zero-order chi connectivity index (χ0) is 13.5. The van der Waals surface area contributed by atoms with Gasteiger partial charge in [0.25, 0.3) is 5.91 Å². The minimum Gasteiger partial charge on any atom is -0.493 e. The maximum atomic E-state index is 11.8. The van der Waals surface area contributed by atoms with E-state index in [1.807, 2.05) is 19.1 Å². The van der Waals surface area contributed by atoms with E-state index in [0.29, 0.717) is 24.6 Å². The van der Waals surface area contributed by atoms with E-state index < -0.39 is 0 Å². The molecule has 18 heavy (non-hydrogen) atoms. The minimum absolute atomic E-state index is 0.104. The summed E-state index contributed by atoms with van der Waals surface area (Å²) in [4.78, 5) is 11.8. The van der Waals surface area contributed by atoms with E-state index in [4.69, 9.17) is 4.74 Å². The van der Waals surface area contributed by atoms with Gasteiger partial charge in [-0.25, -0.2) is 0 Å². The van der Waals surface area contributed by atoms with Gasteiger partial charge in [-0.1, -0.05) is 32.1 Å². The van der Waals surface area contributed by atoms with Gasteiger partial charge >= 0.3 is 0 Å². The van der Waals surface area contributed by atoms with Crippen LogP contribution in [0.5, 0.6) is 5.75 Å². The molecule has 0 radical (unpaired) electrons. The highest BCUT2D eigenvalue weighted by atomic mass is 16.5. The van der Waals surface area contributed by atoms with Crippen molar-refractivity contribution >= 4 is 5.91 Å². The Bertz CT molecular complexity index is 424. The van der Waals surface area contributed by atoms with E-state index in [-0.39, 0.29) is 5.91 Å². The lowest BCUT2D eigenvalue weighted by atomic mass is 10.2. The molecule has 0 bridgehead atoms. The van der Waals surface area contributed by atoms with Crippen molar-refractivity contribution in [3.63, 3.8) is 0 Å². The number of carbonyl (C=O) groups excluding carboxylic acids is 1. The van der Waals surface area contributed by atoms with Crippen LogP contribution in [0.3, 0.4) is 0 Å². The summed E-state index contributed by atoms with van der Waals surface area (Å²) in [5.74, 6) is 1.09. The molecule has 0 fully saturated rings. The molecule has 3 heteroatoms. The topological polar surface area (TPSA) is 38.3 Å². The summed E-state index contributed by atoms with van der Waals surface area (Å²) in [6.07, 6.45) is 0. The van der Waals surface area contributed by atoms with Gasteiger partial charge in [0.05, 0.1) is 6.61 Å². The van der Waals surface area contributed by atoms with E-state index in [0.717, 1.165) is 11.3 Å². The molecule has 0 spiro atoms. The molecule has 0 heterocycles. The maximum Gasteiger partial charge on any atom is 0.251 e. The number of ether oxygens (including phenoxy) is 1. The number of rotatable bonds is 6. The Labute approximate surface area is 109 Å². The SMILES string of the molecule is C=C(C)CNC(=O)c1cccc(OCC(C)C)c1. The first-order valence-electron chi connectivity index (χ1n) is 6.14. The molecule has 98 valence electrons. The summed E-state index contributed by atoms with van der Waals surface area (Å²) < 4.78 is 5.59. The van der Waals surface area contributed by atoms with E-state index in [2.05, 4.69) is 25.7 Å². The predicted octanol–water partition coefficient (Wildman–Crippen LogP) is 3.03. The Morgan fingerprint density at radius 3 is 2.78 bits per heavy atom. The largest absolute Gasteiger partial charge is 0.493 e. The summed E-state index contributed by atoms with van der Waals surface area (Å²) in [5.41, 5.74) is 1.54. The average Bonchev–Trinajstić information content (AvgIpc) is 2.33. The first-order chi connectivity index (χ1) is 8.49. The third-order valence-corrected chi connectivity index (χ3v) is 2.23. The van der Waals surface area contributed by atoms with Gasteiger partial charge in [0.1, 0.15) is 5.75 Å². The van der Waals surface area contributed by atoms with Crippen molar-refractivity contribution < 1.29 is 9.53 Å². The third-order valence-electron chi connectivity index (χ3n) is 2.23. The fourth-order valence-electron chi connectivity index (χ4n) is 1.32. The number of carbonyl (C=O) groups is 1. The lowest BCUT2D eigenvalue weighted by Gasteiger charge is -2.10. The quantitative estimate of drug-likeness (QED) is 0.785. The lowest BCUT2D eigenvalue weighted by molar-refractivity contribution is 0.0956. The molecule has 1 aromatic carbocycles. The van der Waals surface area contributed by atoms with Crippen LogP contribution in [-0.4, -0.2) is 19.1 Å². The van der Waals surface area contributed by atoms with E-state index >= 15 is 0 Å². The zero-order valence-electron chi connectivity index (χ0n) is 11.3. The van der Waals surface area contributed by atoms with Crippen molar-refractivity contribution in [2.24, 2.45) is 5.92 Å². The summed E-state index contributed by atoms with van der Waals surface area (Å²) in [6, 6.07) is 7.22. The molecule has 0 aliphatic heterocycles. The van der Waals surface area contributed by atoms with Crippen LogP contribution in [0.25, 0.3) is 0 Å². The van der Waals surface area contributed by atoms with Gasteiger partial charge in [-0.2, -0.15) is 0 Å². The van der Waals surface area contributed by atoms with Crippen molar-refractivity contribution in [2.75, 3.05) is 13.2 Å². The highest BCUT2D eigenvalue weighted by Gasteiger charge is 2.06. The monoisotopic (exact) mass is 247 g/mol. The molecule has 1 amide bonds. The predicted molar refractivity (Wildman–Crippen MR) is 73.9 cm³/mol. The van der Waals surface area contributed by atoms with Crippen LogP contribution >= 0.6 is 0 Å². The Kier molecular flexibility index (Phi) is 5.43. The Morgan fingerprint density at radius 1 is 1.44 bits per heavy atom. The highest BCUT2D eigenvalue weighted by Crippen LogP contribution is 2.14. The van der Waals surface area contributed by atoms with Gasteiger partial charge in [0.2, 0.25) is 0 Å². The van der Waals surface area contributed by atoms with E-state index in [1.165, 1.54) is 0 Å². The van der Waals surface area contributed by atoms with Crippen LogP contribution in [-0.2, 0) is 0 Å². The fourth-order valence-corrected chi connectivity index (χ4v) is 1.32. The van der Waals surface area contributed by atoms with Crippen molar-refractivity contribution in [3.05, 3.63) is 42.0 Å². The van der Waals surface area contributed by atoms with Gasteiger partial charge in [0, 0.05) is 12.1 Å². The normalized spacial score (nSPS) is 10.2. The molecule has 3 nitrogen and oxygen atoms in total. The van der Waals surface area contributed by atoms with Crippen molar-refractivity contribution in [3.8, 4) is 5.75 Å². The van der Waals surface area contributed by atoms with Crippen molar-refractivity contribution in [2.45, 2.75) is 20.8 Å². The third kappa shape index (κ3) is 5.04. The number of amides is 1. The number of hydrogen-bond acceptors (Lipinski definition) is 2. The molecule has 0 aliphatic carbocycles. The maximum absolute atomic E-state index is 11.8. The molecule has 0 saturated carbocycles. The van der Waals surface area contributed by atoms with Gasteiger partial charge in [-0.3, -0.25) is 4.79 Å². The summed E-state index contributed by atoms with van der Waals surface area (Å²) >= 11 is 0. The van der Waals surface area contributed by atoms with Crippen LogP contribution < -0.4 is 10.1 Å². The number of nitrogens with one attached hydrogen (secondary N) is 1. The van der Waals surface area contributed by atoms with Crippen molar-refractivity contribution in [1.29, 1.82) is 0 Å². The van der Waals surface area contributed by atoms with Gasteiger partial charge < -0.3 is 10.1 Å². The second-order valence-electron chi connectivity index (χ2n) is 4.87. The average molecular weight is 247 g/mol. The number of hydrogen-bond donors (Lipinski definition) is 1. The first kappa shape index (κ1) is 14.3. The molecule has 0 saturated heterocycles. The minimum atomic E-state index is -0.104. The summed E-state index contributed by atoms with van der Waals surface area (Å²) in [5, 5.41) is 2.80. The molecule has 1 rings (SSSR count). The van der Waals surface area contributed by atoms with Crippen LogP contribution in [0.15, 0.2) is 36.4 Å². The van der Waals surface area contributed by atoms with Crippen molar-refractivity contribution in [1.82, 2.24) is 5.32 Å². The van der Waals surface area contributed by atoms with Crippen LogP contribution in [0.4, 0.5) is 0 Å². The highest BCUT2D eigenvalue weighted by molar-refractivity contribution is 5.94. The second kappa shape index (κ2) is 6.84. The fraction of sp³-hybridized carbons (Fsp3) is 0.400. The first-order valence-corrected chi connectivity index (χ1v) is 6.14.